The Morgan fingerprint density at radius 1 is 0.375 bits per heavy atom. The lowest BCUT2D eigenvalue weighted by Crippen LogP contribution is -2.31. The quantitative estimate of drug-likeness (QED) is 0.465. The van der Waals surface area contributed by atoms with Crippen LogP contribution in [0.1, 0.15) is 129 Å². The van der Waals surface area contributed by atoms with E-state index in [0.29, 0.717) is 10.6 Å². The molecule has 0 aromatic rings. The van der Waals surface area contributed by atoms with Crippen molar-refractivity contribution >= 4 is 14.3 Å². The van der Waals surface area contributed by atoms with E-state index in [9.17, 15) is 0 Å². The zero-order chi connectivity index (χ0) is 17.1. The Morgan fingerprint density at radius 2 is 0.583 bits per heavy atom. The van der Waals surface area contributed by atoms with Crippen LogP contribution in [0.3, 0.4) is 0 Å². The van der Waals surface area contributed by atoms with Gasteiger partial charge in [-0.2, -0.15) is 0 Å². The highest BCUT2D eigenvalue weighted by Gasteiger charge is 2.31. The first-order chi connectivity index (χ1) is 11.6. The van der Waals surface area contributed by atoms with Crippen LogP contribution in [0.25, 0.3) is 0 Å². The number of hydrogen-bond acceptors (Lipinski definition) is 0. The minimum absolute atomic E-state index is 0.468. The molecule has 0 aromatic carbocycles. The van der Waals surface area contributed by atoms with E-state index in [2.05, 4.69) is 28.2 Å². The van der Waals surface area contributed by atoms with E-state index in [0.717, 1.165) is 0 Å². The summed E-state index contributed by atoms with van der Waals surface area (Å²) in [5.41, 5.74) is 0. The second-order valence-electron chi connectivity index (χ2n) is 9.59. The first-order valence-corrected chi connectivity index (χ1v) is 11.3. The fourth-order valence-electron chi connectivity index (χ4n) is 4.87. The fraction of sp³-hybridized carbons (Fsp3) is 1.00. The van der Waals surface area contributed by atoms with Gasteiger partial charge in [0.2, 0.25) is 0 Å². The predicted octanol–water partition coefficient (Wildman–Crippen LogP) is 7.72. The minimum Gasteiger partial charge on any atom is -0.0688 e. The van der Waals surface area contributed by atoms with Crippen LogP contribution in [-0.4, -0.2) is 14.3 Å². The van der Waals surface area contributed by atoms with Gasteiger partial charge in [0.05, 0.1) is 14.3 Å². The van der Waals surface area contributed by atoms with Gasteiger partial charge in [-0.3, -0.25) is 0 Å². The lowest BCUT2D eigenvalue weighted by Gasteiger charge is -2.36. The minimum atomic E-state index is 0.468. The van der Waals surface area contributed by atoms with Gasteiger partial charge in [0.1, 0.15) is 0 Å². The van der Waals surface area contributed by atoms with Crippen molar-refractivity contribution in [1.29, 1.82) is 0 Å². The molecule has 2 rings (SSSR count). The summed E-state index contributed by atoms with van der Waals surface area (Å²) in [5, 5.41) is 0.936. The van der Waals surface area contributed by atoms with Crippen molar-refractivity contribution < 1.29 is 0 Å². The van der Waals surface area contributed by atoms with Gasteiger partial charge in [0, 0.05) is 0 Å². The third-order valence-corrected chi connectivity index (χ3v) is 6.88. The third kappa shape index (κ3) is 8.01. The summed E-state index contributed by atoms with van der Waals surface area (Å²) in [6.45, 7) is 5.10. The third-order valence-electron chi connectivity index (χ3n) is 6.88. The van der Waals surface area contributed by atoms with E-state index in [4.69, 9.17) is 0 Å². The van der Waals surface area contributed by atoms with Gasteiger partial charge < -0.3 is 0 Å². The second-order valence-corrected chi connectivity index (χ2v) is 9.59. The summed E-state index contributed by atoms with van der Waals surface area (Å²) < 4.78 is 0. The summed E-state index contributed by atoms with van der Waals surface area (Å²) in [4.78, 5) is 0. The molecule has 0 atom stereocenters. The lowest BCUT2D eigenvalue weighted by atomic mass is 9.20. The average Bonchev–Trinajstić information content (AvgIpc) is 2.58. The standard InChI is InChI=1S/C22H42B2/c1-21(17-13-9-5-3-6-10-14-18-21)23-24-22(2)19-15-11-7-4-8-12-16-20-22/h3-20H2,1-2H3. The maximum absolute atomic E-state index is 2.68. The summed E-state index contributed by atoms with van der Waals surface area (Å²) >= 11 is 0. The molecule has 0 heterocycles. The van der Waals surface area contributed by atoms with E-state index in [1.54, 1.807) is 0 Å². The maximum Gasteiger partial charge on any atom is 0.0742 e. The Morgan fingerprint density at radius 3 is 0.833 bits per heavy atom. The highest BCUT2D eigenvalue weighted by atomic mass is 14.2. The molecule has 0 bridgehead atoms. The summed E-state index contributed by atoms with van der Waals surface area (Å²) in [5.74, 6) is 0. The molecule has 2 fully saturated rings. The van der Waals surface area contributed by atoms with Gasteiger partial charge in [0.25, 0.3) is 0 Å². The van der Waals surface area contributed by atoms with Crippen molar-refractivity contribution in [2.75, 3.05) is 0 Å². The van der Waals surface area contributed by atoms with Gasteiger partial charge in [-0.1, -0.05) is 140 Å². The van der Waals surface area contributed by atoms with Crippen LogP contribution >= 0.6 is 0 Å². The van der Waals surface area contributed by atoms with Gasteiger partial charge in [-0.25, -0.2) is 0 Å². The largest absolute Gasteiger partial charge is 0.0742 e. The molecular weight excluding hydrogens is 286 g/mol. The smallest absolute Gasteiger partial charge is 0.0688 e. The van der Waals surface area contributed by atoms with E-state index in [-0.39, 0.29) is 0 Å². The van der Waals surface area contributed by atoms with Crippen molar-refractivity contribution in [3.05, 3.63) is 0 Å². The van der Waals surface area contributed by atoms with Crippen molar-refractivity contribution in [1.82, 2.24) is 0 Å². The molecule has 0 aromatic heterocycles. The Kier molecular flexibility index (Phi) is 9.35. The van der Waals surface area contributed by atoms with E-state index < -0.39 is 0 Å². The number of rotatable bonds is 3. The Balaban J connectivity index is 1.85. The van der Waals surface area contributed by atoms with Gasteiger partial charge in [0.15, 0.2) is 0 Å². The van der Waals surface area contributed by atoms with Crippen LogP contribution < -0.4 is 0 Å². The molecule has 2 aliphatic carbocycles. The van der Waals surface area contributed by atoms with Crippen LogP contribution in [0.15, 0.2) is 0 Å². The Bertz CT molecular complexity index is 274. The Labute approximate surface area is 154 Å². The first-order valence-electron chi connectivity index (χ1n) is 11.3. The monoisotopic (exact) mass is 328 g/mol. The van der Waals surface area contributed by atoms with Gasteiger partial charge in [-0.15, -0.1) is 0 Å². The summed E-state index contributed by atoms with van der Waals surface area (Å²) in [6, 6.07) is 0. The zero-order valence-corrected chi connectivity index (χ0v) is 16.9. The summed E-state index contributed by atoms with van der Waals surface area (Å²) in [7, 11) is 5.36. The fourth-order valence-corrected chi connectivity index (χ4v) is 4.87. The molecule has 0 amide bonds. The number of hydrogen-bond donors (Lipinski definition) is 0. The highest BCUT2D eigenvalue weighted by Crippen LogP contribution is 2.43. The maximum atomic E-state index is 2.68. The molecule has 24 heavy (non-hydrogen) atoms. The molecule has 0 unspecified atom stereocenters. The van der Waals surface area contributed by atoms with Crippen LogP contribution in [0.2, 0.25) is 10.6 Å². The Hall–Kier alpha value is 0.130. The van der Waals surface area contributed by atoms with Crippen molar-refractivity contribution in [3.8, 4) is 0 Å². The zero-order valence-electron chi connectivity index (χ0n) is 16.9. The topological polar surface area (TPSA) is 0 Å². The van der Waals surface area contributed by atoms with Crippen molar-refractivity contribution in [2.45, 2.75) is 140 Å². The molecule has 0 nitrogen and oxygen atoms in total. The normalized spacial score (nSPS) is 26.9. The van der Waals surface area contributed by atoms with Gasteiger partial charge in [-0.05, 0) is 0 Å². The molecule has 2 saturated carbocycles. The van der Waals surface area contributed by atoms with E-state index in [1.165, 1.54) is 116 Å². The van der Waals surface area contributed by atoms with Crippen molar-refractivity contribution in [3.63, 3.8) is 0 Å². The van der Waals surface area contributed by atoms with Crippen LogP contribution in [-0.2, 0) is 0 Å². The van der Waals surface area contributed by atoms with Crippen LogP contribution in [0.5, 0.6) is 0 Å². The molecule has 2 heteroatoms. The predicted molar refractivity (Wildman–Crippen MR) is 111 cm³/mol. The molecular formula is C22H42B2. The molecule has 0 saturated heterocycles. The first kappa shape index (κ1) is 20.4. The molecule has 136 valence electrons. The molecule has 0 N–H and O–H groups in total. The van der Waals surface area contributed by atoms with Crippen LogP contribution in [0.4, 0.5) is 0 Å². The molecule has 0 aliphatic heterocycles. The molecule has 2 aliphatic rings. The molecule has 2 radical (unpaired) electrons. The second kappa shape index (κ2) is 11.0. The highest BCUT2D eigenvalue weighted by molar-refractivity contribution is 7.03. The SMILES string of the molecule is CC1([B][B]C2(C)CCCCCCCCC2)CCCCCCCCC1. The molecule has 0 spiro atoms. The summed E-state index contributed by atoms with van der Waals surface area (Å²) in [6.07, 6.45) is 26.1. The van der Waals surface area contributed by atoms with E-state index >= 15 is 0 Å². The van der Waals surface area contributed by atoms with Crippen molar-refractivity contribution in [2.24, 2.45) is 0 Å². The average molecular weight is 328 g/mol. The van der Waals surface area contributed by atoms with Gasteiger partial charge >= 0.3 is 0 Å². The van der Waals surface area contributed by atoms with Crippen LogP contribution in [0, 0.1) is 0 Å². The lowest BCUT2D eigenvalue weighted by molar-refractivity contribution is 0.421. The van der Waals surface area contributed by atoms with E-state index in [1.807, 2.05) is 0 Å².